The van der Waals surface area contributed by atoms with E-state index in [9.17, 15) is 0 Å². The van der Waals surface area contributed by atoms with Crippen molar-refractivity contribution in [2.24, 2.45) is 0 Å². The minimum absolute atomic E-state index is 1.22. The second-order valence-electron chi connectivity index (χ2n) is 20.2. The molecular formula is C72H40S2. The molecule has 0 N–H and O–H groups in total. The Hall–Kier alpha value is -8.92. The summed E-state index contributed by atoms with van der Waals surface area (Å²) in [6.45, 7) is 0. The van der Waals surface area contributed by atoms with Gasteiger partial charge in [-0.15, -0.1) is 22.7 Å². The van der Waals surface area contributed by atoms with Crippen LogP contribution in [0.5, 0.6) is 0 Å². The normalized spacial score (nSPS) is 12.3. The first kappa shape index (κ1) is 40.7. The van der Waals surface area contributed by atoms with Crippen molar-refractivity contribution < 1.29 is 0 Å². The van der Waals surface area contributed by atoms with Gasteiger partial charge in [-0.25, -0.2) is 0 Å². The fraction of sp³-hybridized carbons (Fsp3) is 0. The van der Waals surface area contributed by atoms with Crippen LogP contribution in [0.15, 0.2) is 243 Å². The minimum Gasteiger partial charge on any atom is -0.135 e. The molecule has 0 radical (unpaired) electrons. The first-order valence-corrected chi connectivity index (χ1v) is 27.2. The summed E-state index contributed by atoms with van der Waals surface area (Å²) in [5, 5.41) is 20.6. The first-order chi connectivity index (χ1) is 36.7. The van der Waals surface area contributed by atoms with Gasteiger partial charge in [0.15, 0.2) is 0 Å². The quantitative estimate of drug-likeness (QED) is 0.151. The second-order valence-corrected chi connectivity index (χ2v) is 22.3. The lowest BCUT2D eigenvalue weighted by Gasteiger charge is -2.26. The summed E-state index contributed by atoms with van der Waals surface area (Å²) in [6, 6.07) is 92.5. The van der Waals surface area contributed by atoms with Crippen LogP contribution in [-0.2, 0) is 0 Å². The van der Waals surface area contributed by atoms with Gasteiger partial charge in [-0.05, 0) is 180 Å². The molecule has 0 atom stereocenters. The molecule has 2 heterocycles. The molecule has 0 nitrogen and oxygen atoms in total. The first-order valence-electron chi connectivity index (χ1n) is 25.6. The zero-order valence-electron chi connectivity index (χ0n) is 39.9. The maximum Gasteiger partial charge on any atom is 0.0433 e. The van der Waals surface area contributed by atoms with Crippen molar-refractivity contribution in [1.29, 1.82) is 0 Å². The summed E-state index contributed by atoms with van der Waals surface area (Å²) < 4.78 is 5.28. The number of rotatable bonds is 2. The Morgan fingerprint density at radius 1 is 0.162 bits per heavy atom. The Bertz CT molecular complexity index is 4820. The van der Waals surface area contributed by atoms with E-state index in [4.69, 9.17) is 0 Å². The molecule has 17 rings (SSSR count). The standard InChI is InChI=1S/C72H40S2/c1-5-19-49-45(15-1)46-16-2-6-20-50(46)62-38-66-54-34-32-42(44-26-14-28-58-56-24-10-12-30-70(56)74-72(44)58)36-60(54)68-40-64-52-22-8-4-18-48(52)47-17-3-7-21-51(47)63(64)39-67(68)59-35-41(31-33-53(59)65(66)37-61(49)62)43-25-13-27-57-55-23-9-11-29-69(55)73-71(43)57/h1-40H. The predicted molar refractivity (Wildman–Crippen MR) is 323 cm³/mol. The SMILES string of the molecule is c1ccc2c(c1)sc1c(-c3ccc4c(c3)-c3cc5c6ccccc6c6ccccc6c5cc3-c3cc(-c5cccc6c5sc5ccccc56)ccc3-c3cc5c6ccccc6c6ccccc6c5cc3-4)cccc12. The van der Waals surface area contributed by atoms with E-state index in [-0.39, 0.29) is 0 Å². The molecular weight excluding hydrogens is 929 g/mol. The molecule has 0 aliphatic heterocycles. The molecule has 0 unspecified atom stereocenters. The maximum absolute atomic E-state index is 2.56. The van der Waals surface area contributed by atoms with Crippen LogP contribution < -0.4 is 0 Å². The maximum atomic E-state index is 2.56. The van der Waals surface area contributed by atoms with Crippen LogP contribution in [0.25, 0.3) is 172 Å². The molecule has 2 aromatic heterocycles. The van der Waals surface area contributed by atoms with Crippen molar-refractivity contribution in [2.45, 2.75) is 0 Å². The van der Waals surface area contributed by atoms with Gasteiger partial charge < -0.3 is 0 Å². The monoisotopic (exact) mass is 968 g/mol. The van der Waals surface area contributed by atoms with Gasteiger partial charge in [-0.1, -0.05) is 194 Å². The highest BCUT2D eigenvalue weighted by atomic mass is 32.1. The van der Waals surface area contributed by atoms with E-state index in [0.29, 0.717) is 0 Å². The lowest BCUT2D eigenvalue weighted by Crippen LogP contribution is -2.00. The van der Waals surface area contributed by atoms with Crippen molar-refractivity contribution in [3.63, 3.8) is 0 Å². The largest absolute Gasteiger partial charge is 0.135 e. The van der Waals surface area contributed by atoms with Crippen LogP contribution in [0.2, 0.25) is 0 Å². The number of fused-ring (bicyclic) bond motifs is 26. The van der Waals surface area contributed by atoms with Crippen LogP contribution in [0.3, 0.4) is 0 Å². The molecule has 16 aromatic rings. The Morgan fingerprint density at radius 3 is 0.784 bits per heavy atom. The van der Waals surface area contributed by atoms with E-state index in [0.717, 1.165) is 0 Å². The van der Waals surface area contributed by atoms with Gasteiger partial charge in [0, 0.05) is 40.3 Å². The van der Waals surface area contributed by atoms with Crippen molar-refractivity contribution in [3.8, 4) is 66.8 Å². The van der Waals surface area contributed by atoms with Crippen LogP contribution in [0.4, 0.5) is 0 Å². The molecule has 0 fully saturated rings. The molecule has 0 amide bonds. The van der Waals surface area contributed by atoms with Gasteiger partial charge in [-0.2, -0.15) is 0 Å². The third-order valence-electron chi connectivity index (χ3n) is 16.4. The van der Waals surface area contributed by atoms with E-state index >= 15 is 0 Å². The highest BCUT2D eigenvalue weighted by molar-refractivity contribution is 7.26. The third kappa shape index (κ3) is 5.67. The number of thiophene rings is 2. The lowest BCUT2D eigenvalue weighted by atomic mass is 9.77. The van der Waals surface area contributed by atoms with E-state index < -0.39 is 0 Å². The summed E-state index contributed by atoms with van der Waals surface area (Å²) in [7, 11) is 0. The molecule has 14 aromatic carbocycles. The Balaban J connectivity index is 1.05. The van der Waals surface area contributed by atoms with Gasteiger partial charge in [0.2, 0.25) is 0 Å². The highest BCUT2D eigenvalue weighted by Crippen LogP contribution is 2.54. The Morgan fingerprint density at radius 2 is 0.432 bits per heavy atom. The number of hydrogen-bond acceptors (Lipinski definition) is 2. The number of benzene rings is 14. The number of hydrogen-bond donors (Lipinski definition) is 0. The molecule has 74 heavy (non-hydrogen) atoms. The molecule has 0 saturated carbocycles. The lowest BCUT2D eigenvalue weighted by molar-refractivity contribution is 1.54. The third-order valence-corrected chi connectivity index (χ3v) is 18.8. The van der Waals surface area contributed by atoms with Crippen LogP contribution in [0, 0.1) is 0 Å². The van der Waals surface area contributed by atoms with Gasteiger partial charge >= 0.3 is 0 Å². The minimum atomic E-state index is 1.22. The topological polar surface area (TPSA) is 0 Å². The van der Waals surface area contributed by atoms with Crippen molar-refractivity contribution in [2.75, 3.05) is 0 Å². The Labute approximate surface area is 434 Å². The van der Waals surface area contributed by atoms with Gasteiger partial charge in [-0.3, -0.25) is 0 Å². The van der Waals surface area contributed by atoms with Crippen LogP contribution >= 0.6 is 22.7 Å². The summed E-state index contributed by atoms with van der Waals surface area (Å²) in [5.41, 5.74) is 14.9. The fourth-order valence-corrected chi connectivity index (χ4v) is 15.6. The zero-order chi connectivity index (χ0) is 48.2. The summed E-state index contributed by atoms with van der Waals surface area (Å²) in [5.74, 6) is 0. The molecule has 0 bridgehead atoms. The molecule has 1 aliphatic carbocycles. The average Bonchev–Trinajstić information content (AvgIpc) is 4.10. The molecule has 2 heteroatoms. The molecule has 0 saturated heterocycles. The average molecular weight is 969 g/mol. The van der Waals surface area contributed by atoms with E-state index in [1.54, 1.807) is 0 Å². The van der Waals surface area contributed by atoms with Crippen LogP contribution in [0.1, 0.15) is 0 Å². The van der Waals surface area contributed by atoms with Crippen LogP contribution in [-0.4, -0.2) is 0 Å². The van der Waals surface area contributed by atoms with Gasteiger partial charge in [0.25, 0.3) is 0 Å². The van der Waals surface area contributed by atoms with E-state index in [2.05, 4.69) is 243 Å². The molecule has 1 aliphatic rings. The van der Waals surface area contributed by atoms with Crippen molar-refractivity contribution in [1.82, 2.24) is 0 Å². The fourth-order valence-electron chi connectivity index (χ4n) is 13.1. The van der Waals surface area contributed by atoms with E-state index in [1.165, 1.54) is 172 Å². The Kier molecular flexibility index (Phi) is 8.41. The highest BCUT2D eigenvalue weighted by Gasteiger charge is 2.27. The predicted octanol–water partition coefficient (Wildman–Crippen LogP) is 21.7. The zero-order valence-corrected chi connectivity index (χ0v) is 41.5. The van der Waals surface area contributed by atoms with Gasteiger partial charge in [0.1, 0.15) is 0 Å². The van der Waals surface area contributed by atoms with Gasteiger partial charge in [0.05, 0.1) is 0 Å². The summed E-state index contributed by atoms with van der Waals surface area (Å²) in [6.07, 6.45) is 0. The van der Waals surface area contributed by atoms with Crippen molar-refractivity contribution >= 4 is 128 Å². The van der Waals surface area contributed by atoms with E-state index in [1.807, 2.05) is 22.7 Å². The molecule has 340 valence electrons. The summed E-state index contributed by atoms with van der Waals surface area (Å²) >= 11 is 3.81. The van der Waals surface area contributed by atoms with Crippen molar-refractivity contribution in [3.05, 3.63) is 243 Å². The summed E-state index contributed by atoms with van der Waals surface area (Å²) in [4.78, 5) is 0. The second kappa shape index (κ2) is 15.3. The molecule has 0 spiro atoms. The smallest absolute Gasteiger partial charge is 0.0433 e.